The summed E-state index contributed by atoms with van der Waals surface area (Å²) in [4.78, 5) is 47.6. The Balaban J connectivity index is 1.45. The first-order valence-corrected chi connectivity index (χ1v) is 8.84. The van der Waals surface area contributed by atoms with E-state index in [4.69, 9.17) is 9.15 Å². The van der Waals surface area contributed by atoms with E-state index in [9.17, 15) is 19.2 Å². The molecule has 0 atom stereocenters. The number of urea groups is 1. The van der Waals surface area contributed by atoms with Gasteiger partial charge in [-0.15, -0.1) is 11.8 Å². The number of ether oxygens (including phenoxy) is 1. The van der Waals surface area contributed by atoms with Gasteiger partial charge in [0.2, 0.25) is 5.91 Å². The van der Waals surface area contributed by atoms with Gasteiger partial charge in [0.05, 0.1) is 29.8 Å². The molecule has 0 saturated heterocycles. The number of imide groups is 1. The molecule has 3 rings (SSSR count). The van der Waals surface area contributed by atoms with Crippen LogP contribution < -0.4 is 16.0 Å². The molecule has 2 heterocycles. The van der Waals surface area contributed by atoms with Crippen LogP contribution in [0.5, 0.6) is 0 Å². The second-order valence-corrected chi connectivity index (χ2v) is 6.45. The quantitative estimate of drug-likeness (QED) is 0.662. The lowest BCUT2D eigenvalue weighted by Gasteiger charge is -2.16. The van der Waals surface area contributed by atoms with Gasteiger partial charge in [-0.1, -0.05) is 0 Å². The Hall–Kier alpha value is -3.27. The number of benzene rings is 1. The molecule has 0 aliphatic carbocycles. The van der Waals surface area contributed by atoms with Crippen LogP contribution >= 0.6 is 11.8 Å². The van der Waals surface area contributed by atoms with Gasteiger partial charge in [0, 0.05) is 4.90 Å². The summed E-state index contributed by atoms with van der Waals surface area (Å²) in [6, 6.07) is 7.32. The fourth-order valence-corrected chi connectivity index (χ4v) is 3.00. The van der Waals surface area contributed by atoms with Gasteiger partial charge < -0.3 is 19.8 Å². The van der Waals surface area contributed by atoms with Gasteiger partial charge in [-0.2, -0.15) is 0 Å². The Bertz CT molecular complexity index is 881. The van der Waals surface area contributed by atoms with Crippen LogP contribution in [0, 0.1) is 0 Å². The topological polar surface area (TPSA) is 127 Å². The number of thioether (sulfide) groups is 1. The molecular formula is C17H15N3O6S. The van der Waals surface area contributed by atoms with Crippen LogP contribution in [0.3, 0.4) is 0 Å². The Morgan fingerprint density at radius 1 is 1.26 bits per heavy atom. The smallest absolute Gasteiger partial charge is 0.338 e. The van der Waals surface area contributed by atoms with Crippen molar-refractivity contribution in [3.05, 3.63) is 47.9 Å². The Morgan fingerprint density at radius 3 is 2.89 bits per heavy atom. The van der Waals surface area contributed by atoms with Gasteiger partial charge in [0.15, 0.2) is 6.61 Å². The lowest BCUT2D eigenvalue weighted by molar-refractivity contribution is -0.123. The molecule has 0 radical (unpaired) electrons. The Morgan fingerprint density at radius 2 is 2.11 bits per heavy atom. The third kappa shape index (κ3) is 5.11. The van der Waals surface area contributed by atoms with E-state index in [1.165, 1.54) is 24.1 Å². The molecule has 0 saturated carbocycles. The SMILES string of the molecule is O=C(COC(=O)c1ccc2c(c1)NC(=O)CS2)NC(=O)NCc1ccco1. The number of furan rings is 1. The molecule has 1 aromatic carbocycles. The van der Waals surface area contributed by atoms with E-state index in [2.05, 4.69) is 10.6 Å². The molecule has 0 bridgehead atoms. The van der Waals surface area contributed by atoms with Crippen LogP contribution in [0.1, 0.15) is 16.1 Å². The van der Waals surface area contributed by atoms with Crippen LogP contribution in [0.25, 0.3) is 0 Å². The minimum atomic E-state index is -0.776. The Labute approximate surface area is 157 Å². The van der Waals surface area contributed by atoms with E-state index >= 15 is 0 Å². The van der Waals surface area contributed by atoms with Crippen molar-refractivity contribution in [2.24, 2.45) is 0 Å². The number of rotatable bonds is 5. The van der Waals surface area contributed by atoms with Gasteiger partial charge in [0.1, 0.15) is 5.76 Å². The third-order valence-electron chi connectivity index (χ3n) is 3.44. The highest BCUT2D eigenvalue weighted by molar-refractivity contribution is 8.00. The van der Waals surface area contributed by atoms with E-state index in [-0.39, 0.29) is 18.0 Å². The zero-order valence-electron chi connectivity index (χ0n) is 13.9. The molecule has 2 aromatic rings. The summed E-state index contributed by atoms with van der Waals surface area (Å²) in [5.41, 5.74) is 0.707. The zero-order valence-corrected chi connectivity index (χ0v) is 14.8. The largest absolute Gasteiger partial charge is 0.467 e. The highest BCUT2D eigenvalue weighted by atomic mass is 32.2. The van der Waals surface area contributed by atoms with Gasteiger partial charge in [0.25, 0.3) is 5.91 Å². The molecule has 3 N–H and O–H groups in total. The van der Waals surface area contributed by atoms with Crippen LogP contribution in [-0.4, -0.2) is 36.2 Å². The number of hydrogen-bond donors (Lipinski definition) is 3. The molecule has 10 heteroatoms. The van der Waals surface area contributed by atoms with Gasteiger partial charge in [-0.05, 0) is 30.3 Å². The van der Waals surface area contributed by atoms with Crippen LogP contribution in [0.2, 0.25) is 0 Å². The number of nitrogens with one attached hydrogen (secondary N) is 3. The number of amides is 4. The van der Waals surface area contributed by atoms with E-state index in [0.717, 1.165) is 4.90 Å². The van der Waals surface area contributed by atoms with Crippen molar-refractivity contribution in [2.75, 3.05) is 17.7 Å². The highest BCUT2D eigenvalue weighted by Gasteiger charge is 2.18. The van der Waals surface area contributed by atoms with Crippen molar-refractivity contribution < 1.29 is 28.3 Å². The van der Waals surface area contributed by atoms with E-state index in [0.29, 0.717) is 17.2 Å². The van der Waals surface area contributed by atoms with E-state index in [1.807, 2.05) is 5.32 Å². The molecule has 0 spiro atoms. The summed E-state index contributed by atoms with van der Waals surface area (Å²) >= 11 is 1.37. The second kappa shape index (κ2) is 8.41. The number of fused-ring (bicyclic) bond motifs is 1. The predicted octanol–water partition coefficient (Wildman–Crippen LogP) is 1.51. The molecule has 1 aliphatic rings. The average molecular weight is 389 g/mol. The van der Waals surface area contributed by atoms with Crippen molar-refractivity contribution in [1.82, 2.24) is 10.6 Å². The summed E-state index contributed by atoms with van der Waals surface area (Å²) in [6.45, 7) is -0.504. The molecule has 4 amide bonds. The van der Waals surface area contributed by atoms with Crippen LogP contribution in [0.15, 0.2) is 45.9 Å². The summed E-state index contributed by atoms with van der Waals surface area (Å²) in [6.07, 6.45) is 1.46. The maximum atomic E-state index is 12.0. The first kappa shape index (κ1) is 18.5. The van der Waals surface area contributed by atoms with Crippen LogP contribution in [0.4, 0.5) is 10.5 Å². The van der Waals surface area contributed by atoms with Crippen molar-refractivity contribution >= 4 is 41.3 Å². The van der Waals surface area contributed by atoms with Crippen LogP contribution in [-0.2, 0) is 20.9 Å². The highest BCUT2D eigenvalue weighted by Crippen LogP contribution is 2.32. The second-order valence-electron chi connectivity index (χ2n) is 5.43. The predicted molar refractivity (Wildman–Crippen MR) is 95.2 cm³/mol. The summed E-state index contributed by atoms with van der Waals surface area (Å²) < 4.78 is 9.93. The maximum Gasteiger partial charge on any atom is 0.338 e. The van der Waals surface area contributed by atoms with Crippen molar-refractivity contribution in [2.45, 2.75) is 11.4 Å². The molecule has 0 unspecified atom stereocenters. The standard InChI is InChI=1S/C17H15N3O6S/c21-14(20-17(24)18-7-11-2-1-5-25-11)8-26-16(23)10-3-4-13-12(6-10)19-15(22)9-27-13/h1-6H,7-9H2,(H,19,22)(H2,18,20,21,24). The number of anilines is 1. The lowest BCUT2D eigenvalue weighted by Crippen LogP contribution is -2.41. The average Bonchev–Trinajstić information content (AvgIpc) is 3.17. The summed E-state index contributed by atoms with van der Waals surface area (Å²) in [5.74, 6) is -0.825. The van der Waals surface area contributed by atoms with Gasteiger partial charge >= 0.3 is 12.0 Å². The van der Waals surface area contributed by atoms with Crippen molar-refractivity contribution in [1.29, 1.82) is 0 Å². The maximum absolute atomic E-state index is 12.0. The molecule has 27 heavy (non-hydrogen) atoms. The molecule has 9 nitrogen and oxygen atoms in total. The first-order valence-electron chi connectivity index (χ1n) is 7.85. The fraction of sp³-hybridized carbons (Fsp3) is 0.176. The minimum Gasteiger partial charge on any atom is -0.467 e. The molecule has 1 aliphatic heterocycles. The van der Waals surface area contributed by atoms with E-state index < -0.39 is 24.5 Å². The normalized spacial score (nSPS) is 12.5. The molecule has 0 fully saturated rings. The summed E-state index contributed by atoms with van der Waals surface area (Å²) in [5, 5.41) is 7.13. The van der Waals surface area contributed by atoms with Crippen molar-refractivity contribution in [3.8, 4) is 0 Å². The van der Waals surface area contributed by atoms with E-state index in [1.54, 1.807) is 24.3 Å². The molecular weight excluding hydrogens is 374 g/mol. The van der Waals surface area contributed by atoms with Gasteiger partial charge in [-0.3, -0.25) is 14.9 Å². The summed E-state index contributed by atoms with van der Waals surface area (Å²) in [7, 11) is 0. The fourth-order valence-electron chi connectivity index (χ4n) is 2.21. The third-order valence-corrected chi connectivity index (χ3v) is 4.51. The monoisotopic (exact) mass is 389 g/mol. The Kier molecular flexibility index (Phi) is 5.77. The number of carbonyl (C=O) groups is 4. The molecule has 140 valence electrons. The first-order chi connectivity index (χ1) is 13.0. The molecule has 1 aromatic heterocycles. The zero-order chi connectivity index (χ0) is 19.2. The number of hydrogen-bond acceptors (Lipinski definition) is 7. The minimum absolute atomic E-state index is 0.116. The number of esters is 1. The van der Waals surface area contributed by atoms with Crippen molar-refractivity contribution in [3.63, 3.8) is 0 Å². The lowest BCUT2D eigenvalue weighted by atomic mass is 10.2. The van der Waals surface area contributed by atoms with Gasteiger partial charge in [-0.25, -0.2) is 9.59 Å². The number of carbonyl (C=O) groups excluding carboxylic acids is 4.